The van der Waals surface area contributed by atoms with Gasteiger partial charge in [0.25, 0.3) is 0 Å². The van der Waals surface area contributed by atoms with E-state index < -0.39 is 12.1 Å². The highest BCUT2D eigenvalue weighted by atomic mass is 32.1. The van der Waals surface area contributed by atoms with Crippen LogP contribution in [0.15, 0.2) is 23.4 Å². The van der Waals surface area contributed by atoms with Gasteiger partial charge in [-0.1, -0.05) is 34.1 Å². The minimum absolute atomic E-state index is 0.0193. The van der Waals surface area contributed by atoms with Crippen molar-refractivity contribution < 1.29 is 19.1 Å². The van der Waals surface area contributed by atoms with Gasteiger partial charge in [0, 0.05) is 36.8 Å². The van der Waals surface area contributed by atoms with Gasteiger partial charge < -0.3 is 20.3 Å². The molecule has 0 saturated heterocycles. The van der Waals surface area contributed by atoms with Crippen LogP contribution in [-0.4, -0.2) is 51.9 Å². The standard InChI is InChI=1S/C25H39N5O4S2/c1-6-18(8-9-19(7-2)28-25(33)34-14-21-12-27-16-36-21)10-22(31)23(17(3)4)29-24(32)30(5)13-20-11-26-15-35-20/h11-12,15-19,23H,6-10,13-14H2,1-5H3,(H,28,33)(H,29,32). The molecule has 3 amide bonds. The molecule has 0 saturated carbocycles. The molecule has 0 aliphatic carbocycles. The van der Waals surface area contributed by atoms with Gasteiger partial charge in [0.15, 0.2) is 5.78 Å². The lowest BCUT2D eigenvalue weighted by Crippen LogP contribution is -2.49. The molecule has 9 nitrogen and oxygen atoms in total. The predicted octanol–water partition coefficient (Wildman–Crippen LogP) is 5.24. The highest BCUT2D eigenvalue weighted by Crippen LogP contribution is 2.21. The summed E-state index contributed by atoms with van der Waals surface area (Å²) in [7, 11) is 1.71. The number of ketones is 1. The minimum Gasteiger partial charge on any atom is -0.444 e. The molecule has 0 bridgehead atoms. The van der Waals surface area contributed by atoms with Crippen LogP contribution in [0, 0.1) is 11.8 Å². The Kier molecular flexibility index (Phi) is 12.8. The molecule has 2 aromatic rings. The number of alkyl carbamates (subject to hydrolysis) is 1. The summed E-state index contributed by atoms with van der Waals surface area (Å²) >= 11 is 2.93. The zero-order chi connectivity index (χ0) is 26.5. The Labute approximate surface area is 222 Å². The van der Waals surface area contributed by atoms with Crippen LogP contribution in [-0.2, 0) is 22.7 Å². The van der Waals surface area contributed by atoms with Gasteiger partial charge in [-0.3, -0.25) is 14.8 Å². The van der Waals surface area contributed by atoms with Crippen molar-refractivity contribution in [3.63, 3.8) is 0 Å². The Morgan fingerprint density at radius 2 is 1.67 bits per heavy atom. The van der Waals surface area contributed by atoms with Crippen LogP contribution in [0.25, 0.3) is 0 Å². The first-order valence-corrected chi connectivity index (χ1v) is 14.2. The van der Waals surface area contributed by atoms with E-state index in [1.54, 1.807) is 35.4 Å². The highest BCUT2D eigenvalue weighted by molar-refractivity contribution is 7.09. The Morgan fingerprint density at radius 3 is 2.22 bits per heavy atom. The Hall–Kier alpha value is -2.53. The molecule has 200 valence electrons. The van der Waals surface area contributed by atoms with E-state index in [1.165, 1.54) is 22.7 Å². The van der Waals surface area contributed by atoms with Crippen molar-refractivity contribution in [1.29, 1.82) is 0 Å². The van der Waals surface area contributed by atoms with E-state index in [4.69, 9.17) is 4.74 Å². The molecular formula is C25H39N5O4S2. The van der Waals surface area contributed by atoms with Gasteiger partial charge in [-0.2, -0.15) is 0 Å². The molecule has 11 heteroatoms. The number of hydrogen-bond donors (Lipinski definition) is 2. The summed E-state index contributed by atoms with van der Waals surface area (Å²) in [5, 5.41) is 5.86. The van der Waals surface area contributed by atoms with Crippen molar-refractivity contribution >= 4 is 40.6 Å². The second kappa shape index (κ2) is 15.6. The van der Waals surface area contributed by atoms with Gasteiger partial charge in [-0.05, 0) is 31.1 Å². The Balaban J connectivity index is 1.82. The van der Waals surface area contributed by atoms with E-state index in [9.17, 15) is 14.4 Å². The topological polar surface area (TPSA) is 114 Å². The number of hydrogen-bond acceptors (Lipinski definition) is 8. The summed E-state index contributed by atoms with van der Waals surface area (Å²) < 4.78 is 5.28. The first-order valence-electron chi connectivity index (χ1n) is 12.5. The largest absolute Gasteiger partial charge is 0.444 e. The number of Topliss-reactive ketones (excluding diaryl/α,β-unsaturated/α-hetero) is 1. The molecule has 2 heterocycles. The van der Waals surface area contributed by atoms with E-state index in [2.05, 4.69) is 27.5 Å². The number of carbonyl (C=O) groups excluding carboxylic acids is 3. The molecule has 0 fully saturated rings. The summed E-state index contributed by atoms with van der Waals surface area (Å²) in [6.07, 6.45) is 6.57. The maximum atomic E-state index is 13.2. The van der Waals surface area contributed by atoms with Crippen molar-refractivity contribution in [2.45, 2.75) is 85.0 Å². The summed E-state index contributed by atoms with van der Waals surface area (Å²) in [6.45, 7) is 8.64. The lowest BCUT2D eigenvalue weighted by Gasteiger charge is -2.27. The van der Waals surface area contributed by atoms with Crippen molar-refractivity contribution in [1.82, 2.24) is 25.5 Å². The number of nitrogens with zero attached hydrogens (tertiary/aromatic N) is 3. The van der Waals surface area contributed by atoms with E-state index in [0.29, 0.717) is 13.0 Å². The first kappa shape index (κ1) is 29.7. The number of carbonyl (C=O) groups is 3. The maximum Gasteiger partial charge on any atom is 0.407 e. The molecule has 36 heavy (non-hydrogen) atoms. The minimum atomic E-state index is -0.544. The highest BCUT2D eigenvalue weighted by Gasteiger charge is 2.27. The van der Waals surface area contributed by atoms with Gasteiger partial charge in [0.1, 0.15) is 6.61 Å². The second-order valence-corrected chi connectivity index (χ2v) is 11.3. The Morgan fingerprint density at radius 1 is 1.00 bits per heavy atom. The molecule has 0 aliphatic rings. The number of nitrogens with one attached hydrogen (secondary N) is 2. The van der Waals surface area contributed by atoms with E-state index in [1.807, 2.05) is 20.8 Å². The summed E-state index contributed by atoms with van der Waals surface area (Å²) in [5.74, 6) is 0.199. The van der Waals surface area contributed by atoms with Gasteiger partial charge >= 0.3 is 12.1 Å². The van der Waals surface area contributed by atoms with Crippen LogP contribution < -0.4 is 10.6 Å². The zero-order valence-corrected chi connectivity index (χ0v) is 23.5. The molecule has 2 rings (SSSR count). The zero-order valence-electron chi connectivity index (χ0n) is 21.9. The third kappa shape index (κ3) is 10.2. The first-order chi connectivity index (χ1) is 17.2. The molecule has 2 aromatic heterocycles. The SMILES string of the molecule is CCC(CCC(CC)NC(=O)OCc1cncs1)CC(=O)C(NC(=O)N(C)Cc1cncs1)C(C)C. The van der Waals surface area contributed by atoms with E-state index >= 15 is 0 Å². The molecule has 0 aliphatic heterocycles. The normalized spacial score (nSPS) is 13.6. The van der Waals surface area contributed by atoms with Gasteiger partial charge in [0.05, 0.1) is 28.5 Å². The number of rotatable bonds is 15. The molecule has 0 spiro atoms. The fraction of sp³-hybridized carbons (Fsp3) is 0.640. The quantitative estimate of drug-likeness (QED) is 0.321. The van der Waals surface area contributed by atoms with Crippen molar-refractivity contribution in [2.75, 3.05) is 7.05 Å². The summed E-state index contributed by atoms with van der Waals surface area (Å²) in [6, 6.07) is -0.836. The Bertz CT molecular complexity index is 921. The van der Waals surface area contributed by atoms with Crippen molar-refractivity contribution in [2.24, 2.45) is 11.8 Å². The van der Waals surface area contributed by atoms with Crippen LogP contribution in [0.4, 0.5) is 9.59 Å². The molecule has 2 N–H and O–H groups in total. The van der Waals surface area contributed by atoms with Gasteiger partial charge in [-0.15, -0.1) is 22.7 Å². The lowest BCUT2D eigenvalue weighted by atomic mass is 9.87. The monoisotopic (exact) mass is 537 g/mol. The fourth-order valence-electron chi connectivity index (χ4n) is 3.82. The van der Waals surface area contributed by atoms with Crippen LogP contribution >= 0.6 is 22.7 Å². The van der Waals surface area contributed by atoms with Crippen molar-refractivity contribution in [3.05, 3.63) is 33.2 Å². The number of ether oxygens (including phenoxy) is 1. The molecular weight excluding hydrogens is 498 g/mol. The number of amides is 3. The maximum absolute atomic E-state index is 13.2. The summed E-state index contributed by atoms with van der Waals surface area (Å²) in [5.41, 5.74) is 3.44. The van der Waals surface area contributed by atoms with Crippen LogP contribution in [0.3, 0.4) is 0 Å². The van der Waals surface area contributed by atoms with Crippen molar-refractivity contribution in [3.8, 4) is 0 Å². The average Bonchev–Trinajstić information content (AvgIpc) is 3.56. The smallest absolute Gasteiger partial charge is 0.407 e. The predicted molar refractivity (Wildman–Crippen MR) is 143 cm³/mol. The van der Waals surface area contributed by atoms with Gasteiger partial charge in [-0.25, -0.2) is 9.59 Å². The average molecular weight is 538 g/mol. The van der Waals surface area contributed by atoms with Crippen LogP contribution in [0.5, 0.6) is 0 Å². The summed E-state index contributed by atoms with van der Waals surface area (Å²) in [4.78, 5) is 49.5. The lowest BCUT2D eigenvalue weighted by molar-refractivity contribution is -0.122. The second-order valence-electron chi connectivity index (χ2n) is 9.31. The molecule has 3 unspecified atom stereocenters. The number of aromatic nitrogens is 2. The molecule has 0 aromatic carbocycles. The number of thiazole rings is 2. The molecule has 3 atom stereocenters. The third-order valence-corrected chi connectivity index (χ3v) is 7.67. The van der Waals surface area contributed by atoms with Gasteiger partial charge in [0.2, 0.25) is 0 Å². The molecule has 0 radical (unpaired) electrons. The van der Waals surface area contributed by atoms with E-state index in [0.717, 1.165) is 35.4 Å². The van der Waals surface area contributed by atoms with Crippen LogP contribution in [0.1, 0.15) is 69.6 Å². The third-order valence-electron chi connectivity index (χ3n) is 6.15. The van der Waals surface area contributed by atoms with E-state index in [-0.39, 0.29) is 36.3 Å². The number of urea groups is 1. The van der Waals surface area contributed by atoms with Crippen LogP contribution in [0.2, 0.25) is 0 Å². The fourth-order valence-corrected chi connectivity index (χ4v) is 4.98.